The number of rotatable bonds is 4. The van der Waals surface area contributed by atoms with Gasteiger partial charge in [-0.2, -0.15) is 0 Å². The highest BCUT2D eigenvalue weighted by molar-refractivity contribution is 5.15. The molecule has 18 heavy (non-hydrogen) atoms. The summed E-state index contributed by atoms with van der Waals surface area (Å²) in [6.45, 7) is 6.62. The number of ether oxygens (including phenoxy) is 1. The minimum atomic E-state index is 0.384. The van der Waals surface area contributed by atoms with E-state index in [9.17, 15) is 0 Å². The van der Waals surface area contributed by atoms with E-state index in [-0.39, 0.29) is 0 Å². The van der Waals surface area contributed by atoms with Crippen molar-refractivity contribution in [1.82, 2.24) is 5.32 Å². The van der Waals surface area contributed by atoms with Gasteiger partial charge in [-0.1, -0.05) is 30.3 Å². The van der Waals surface area contributed by atoms with Gasteiger partial charge in [0.1, 0.15) is 0 Å². The first kappa shape index (κ1) is 13.6. The van der Waals surface area contributed by atoms with Gasteiger partial charge in [0.25, 0.3) is 0 Å². The standard InChI is InChI=1S/C16H25NO/c1-12(9-15-7-5-4-6-8-15)17-16-10-13(2)18-14(3)11-16/h4-8,12-14,16-17H,9-11H2,1-3H3. The monoisotopic (exact) mass is 247 g/mol. The third-order valence-electron chi connectivity index (χ3n) is 3.60. The Balaban J connectivity index is 1.82. The van der Waals surface area contributed by atoms with Crippen LogP contribution < -0.4 is 5.32 Å². The van der Waals surface area contributed by atoms with E-state index in [1.807, 2.05) is 0 Å². The van der Waals surface area contributed by atoms with E-state index < -0.39 is 0 Å². The molecule has 1 heterocycles. The maximum Gasteiger partial charge on any atom is 0.0565 e. The second kappa shape index (κ2) is 6.35. The van der Waals surface area contributed by atoms with Crippen LogP contribution in [0.3, 0.4) is 0 Å². The van der Waals surface area contributed by atoms with E-state index in [2.05, 4.69) is 56.4 Å². The summed E-state index contributed by atoms with van der Waals surface area (Å²) in [5.74, 6) is 0. The molecule has 2 nitrogen and oxygen atoms in total. The summed E-state index contributed by atoms with van der Waals surface area (Å²) in [5.41, 5.74) is 1.41. The van der Waals surface area contributed by atoms with E-state index in [4.69, 9.17) is 4.74 Å². The molecule has 1 saturated heterocycles. The van der Waals surface area contributed by atoms with Crippen molar-refractivity contribution in [3.05, 3.63) is 35.9 Å². The molecule has 1 aromatic rings. The number of nitrogens with one attached hydrogen (secondary N) is 1. The van der Waals surface area contributed by atoms with E-state index in [1.54, 1.807) is 0 Å². The van der Waals surface area contributed by atoms with E-state index in [0.29, 0.717) is 24.3 Å². The normalized spacial score (nSPS) is 30.1. The fraction of sp³-hybridized carbons (Fsp3) is 0.625. The van der Waals surface area contributed by atoms with Crippen molar-refractivity contribution in [2.24, 2.45) is 0 Å². The summed E-state index contributed by atoms with van der Waals surface area (Å²) in [5, 5.41) is 3.75. The molecule has 2 heteroatoms. The number of benzene rings is 1. The summed E-state index contributed by atoms with van der Waals surface area (Å²) in [4.78, 5) is 0. The Labute approximate surface area is 111 Å². The molecule has 100 valence electrons. The maximum absolute atomic E-state index is 5.78. The van der Waals surface area contributed by atoms with Gasteiger partial charge in [-0.05, 0) is 45.6 Å². The van der Waals surface area contributed by atoms with Crippen molar-refractivity contribution < 1.29 is 4.74 Å². The van der Waals surface area contributed by atoms with Crippen LogP contribution in [0.25, 0.3) is 0 Å². The molecule has 0 saturated carbocycles. The summed E-state index contributed by atoms with van der Waals surface area (Å²) in [7, 11) is 0. The Morgan fingerprint density at radius 2 is 1.78 bits per heavy atom. The Morgan fingerprint density at radius 1 is 1.17 bits per heavy atom. The predicted molar refractivity (Wildman–Crippen MR) is 75.8 cm³/mol. The van der Waals surface area contributed by atoms with E-state index >= 15 is 0 Å². The van der Waals surface area contributed by atoms with Crippen molar-refractivity contribution >= 4 is 0 Å². The van der Waals surface area contributed by atoms with Crippen LogP contribution in [-0.4, -0.2) is 24.3 Å². The van der Waals surface area contributed by atoms with Crippen LogP contribution in [0.4, 0.5) is 0 Å². The Kier molecular flexibility index (Phi) is 4.79. The molecule has 0 spiro atoms. The number of hydrogen-bond acceptors (Lipinski definition) is 2. The lowest BCUT2D eigenvalue weighted by Gasteiger charge is -2.34. The number of hydrogen-bond donors (Lipinski definition) is 1. The van der Waals surface area contributed by atoms with Crippen LogP contribution in [0, 0.1) is 0 Å². The molecule has 1 fully saturated rings. The lowest BCUT2D eigenvalue weighted by atomic mass is 9.98. The van der Waals surface area contributed by atoms with Gasteiger partial charge in [-0.25, -0.2) is 0 Å². The van der Waals surface area contributed by atoms with Crippen molar-refractivity contribution in [2.45, 2.75) is 64.3 Å². The van der Waals surface area contributed by atoms with Gasteiger partial charge < -0.3 is 10.1 Å². The lowest BCUT2D eigenvalue weighted by Crippen LogP contribution is -2.45. The zero-order valence-electron chi connectivity index (χ0n) is 11.7. The molecule has 0 radical (unpaired) electrons. The molecule has 1 aromatic carbocycles. The SMILES string of the molecule is CC(Cc1ccccc1)NC1CC(C)OC(C)C1. The Morgan fingerprint density at radius 3 is 2.39 bits per heavy atom. The highest BCUT2D eigenvalue weighted by Crippen LogP contribution is 2.19. The summed E-state index contributed by atoms with van der Waals surface area (Å²) >= 11 is 0. The minimum Gasteiger partial charge on any atom is -0.375 e. The van der Waals surface area contributed by atoms with Crippen LogP contribution in [-0.2, 0) is 11.2 Å². The first-order valence-corrected chi connectivity index (χ1v) is 7.09. The van der Waals surface area contributed by atoms with Crippen LogP contribution >= 0.6 is 0 Å². The molecule has 0 aliphatic carbocycles. The van der Waals surface area contributed by atoms with Crippen molar-refractivity contribution in [3.8, 4) is 0 Å². The maximum atomic E-state index is 5.78. The first-order chi connectivity index (χ1) is 8.63. The highest BCUT2D eigenvalue weighted by Gasteiger charge is 2.25. The molecular weight excluding hydrogens is 222 g/mol. The summed E-state index contributed by atoms with van der Waals surface area (Å²) in [6, 6.07) is 11.8. The molecule has 0 aromatic heterocycles. The molecule has 3 atom stereocenters. The Hall–Kier alpha value is -0.860. The minimum absolute atomic E-state index is 0.384. The van der Waals surface area contributed by atoms with Gasteiger partial charge in [-0.15, -0.1) is 0 Å². The molecule has 3 unspecified atom stereocenters. The lowest BCUT2D eigenvalue weighted by molar-refractivity contribution is -0.0432. The quantitative estimate of drug-likeness (QED) is 0.882. The highest BCUT2D eigenvalue weighted by atomic mass is 16.5. The van der Waals surface area contributed by atoms with Gasteiger partial charge >= 0.3 is 0 Å². The van der Waals surface area contributed by atoms with Crippen molar-refractivity contribution in [1.29, 1.82) is 0 Å². The molecular formula is C16H25NO. The van der Waals surface area contributed by atoms with Crippen molar-refractivity contribution in [3.63, 3.8) is 0 Å². The molecule has 1 aliphatic heterocycles. The van der Waals surface area contributed by atoms with Crippen LogP contribution in [0.1, 0.15) is 39.2 Å². The molecule has 2 rings (SSSR count). The second-order valence-electron chi connectivity index (χ2n) is 5.68. The smallest absolute Gasteiger partial charge is 0.0565 e. The van der Waals surface area contributed by atoms with Crippen LogP contribution in [0.15, 0.2) is 30.3 Å². The van der Waals surface area contributed by atoms with Gasteiger partial charge in [0.15, 0.2) is 0 Å². The predicted octanol–water partition coefficient (Wildman–Crippen LogP) is 3.16. The van der Waals surface area contributed by atoms with Crippen LogP contribution in [0.5, 0.6) is 0 Å². The van der Waals surface area contributed by atoms with Crippen LogP contribution in [0.2, 0.25) is 0 Å². The second-order valence-corrected chi connectivity index (χ2v) is 5.68. The third-order valence-corrected chi connectivity index (χ3v) is 3.60. The third kappa shape index (κ3) is 4.11. The zero-order valence-corrected chi connectivity index (χ0v) is 11.7. The Bertz CT molecular complexity index is 341. The fourth-order valence-electron chi connectivity index (χ4n) is 2.97. The van der Waals surface area contributed by atoms with E-state index in [0.717, 1.165) is 19.3 Å². The van der Waals surface area contributed by atoms with Gasteiger partial charge in [-0.3, -0.25) is 0 Å². The molecule has 0 amide bonds. The molecule has 0 bridgehead atoms. The first-order valence-electron chi connectivity index (χ1n) is 7.09. The van der Waals surface area contributed by atoms with Crippen molar-refractivity contribution in [2.75, 3.05) is 0 Å². The largest absolute Gasteiger partial charge is 0.375 e. The molecule has 1 N–H and O–H groups in total. The summed E-state index contributed by atoms with van der Waals surface area (Å²) in [6.07, 6.45) is 4.12. The topological polar surface area (TPSA) is 21.3 Å². The van der Waals surface area contributed by atoms with Gasteiger partial charge in [0, 0.05) is 12.1 Å². The molecule has 1 aliphatic rings. The average Bonchev–Trinajstić information content (AvgIpc) is 2.28. The fourth-order valence-corrected chi connectivity index (χ4v) is 2.97. The van der Waals surface area contributed by atoms with Gasteiger partial charge in [0.05, 0.1) is 12.2 Å². The zero-order chi connectivity index (χ0) is 13.0. The summed E-state index contributed by atoms with van der Waals surface area (Å²) < 4.78 is 5.78. The van der Waals surface area contributed by atoms with E-state index in [1.165, 1.54) is 5.56 Å². The van der Waals surface area contributed by atoms with Gasteiger partial charge in [0.2, 0.25) is 0 Å². The average molecular weight is 247 g/mol.